The lowest BCUT2D eigenvalue weighted by molar-refractivity contribution is 0.715. The normalized spacial score (nSPS) is 15.0. The van der Waals surface area contributed by atoms with Gasteiger partial charge in [0.05, 0.1) is 0 Å². The lowest BCUT2D eigenvalue weighted by atomic mass is 10.0. The molecular weight excluding hydrogens is 162 g/mol. The molecule has 0 saturated heterocycles. The van der Waals surface area contributed by atoms with E-state index in [0.717, 1.165) is 19.4 Å². The van der Waals surface area contributed by atoms with E-state index in [4.69, 9.17) is 0 Å². The minimum atomic E-state index is 0.179. The predicted octanol–water partition coefficient (Wildman–Crippen LogP) is 1.92. The summed E-state index contributed by atoms with van der Waals surface area (Å²) >= 11 is 0. The number of hydrogen-bond acceptors (Lipinski definition) is 1. The van der Waals surface area contributed by atoms with E-state index < -0.39 is 0 Å². The summed E-state index contributed by atoms with van der Waals surface area (Å²) in [6.45, 7) is 5.16. The highest BCUT2D eigenvalue weighted by Gasteiger charge is 2.13. The maximum absolute atomic E-state index is 11.6. The van der Waals surface area contributed by atoms with Gasteiger partial charge in [-0.25, -0.2) is 0 Å². The Labute approximate surface area is 78.2 Å². The summed E-state index contributed by atoms with van der Waals surface area (Å²) < 4.78 is 1.89. The van der Waals surface area contributed by atoms with Gasteiger partial charge in [0.2, 0.25) is 0 Å². The molecular formula is C11H15NO. The summed E-state index contributed by atoms with van der Waals surface area (Å²) in [6, 6.07) is 3.96. The fourth-order valence-corrected chi connectivity index (χ4v) is 1.89. The van der Waals surface area contributed by atoms with Crippen LogP contribution < -0.4 is 5.56 Å². The zero-order valence-electron chi connectivity index (χ0n) is 8.21. The van der Waals surface area contributed by atoms with Crippen molar-refractivity contribution in [3.63, 3.8) is 0 Å². The van der Waals surface area contributed by atoms with Gasteiger partial charge in [-0.2, -0.15) is 0 Å². The third-order valence-electron chi connectivity index (χ3n) is 2.72. The van der Waals surface area contributed by atoms with E-state index in [9.17, 15) is 4.79 Å². The van der Waals surface area contributed by atoms with Crippen LogP contribution in [-0.4, -0.2) is 4.57 Å². The van der Waals surface area contributed by atoms with Gasteiger partial charge in [-0.1, -0.05) is 13.8 Å². The standard InChI is InChI=1S/C11H15NO/c1-8(2)9-6-10-4-3-5-12(10)11(13)7-9/h6-8H,3-5H2,1-2H3. The first-order valence-electron chi connectivity index (χ1n) is 4.92. The fraction of sp³-hybridized carbons (Fsp3) is 0.545. The number of aryl methyl sites for hydroxylation is 1. The number of hydrogen-bond donors (Lipinski definition) is 0. The van der Waals surface area contributed by atoms with Crippen LogP contribution in [-0.2, 0) is 13.0 Å². The van der Waals surface area contributed by atoms with Gasteiger partial charge in [-0.15, -0.1) is 0 Å². The molecule has 0 amide bonds. The van der Waals surface area contributed by atoms with Crippen molar-refractivity contribution in [2.45, 2.75) is 39.2 Å². The van der Waals surface area contributed by atoms with Gasteiger partial charge in [0.25, 0.3) is 5.56 Å². The quantitative estimate of drug-likeness (QED) is 0.642. The smallest absolute Gasteiger partial charge is 0.250 e. The fourth-order valence-electron chi connectivity index (χ4n) is 1.89. The minimum Gasteiger partial charge on any atom is -0.313 e. The lowest BCUT2D eigenvalue weighted by Gasteiger charge is -2.08. The number of aromatic nitrogens is 1. The van der Waals surface area contributed by atoms with E-state index in [2.05, 4.69) is 19.9 Å². The van der Waals surface area contributed by atoms with Gasteiger partial charge < -0.3 is 4.57 Å². The second-order valence-electron chi connectivity index (χ2n) is 4.03. The molecule has 0 bridgehead atoms. The minimum absolute atomic E-state index is 0.179. The van der Waals surface area contributed by atoms with Crippen LogP contribution in [0.3, 0.4) is 0 Å². The maximum atomic E-state index is 11.6. The van der Waals surface area contributed by atoms with Crippen LogP contribution in [0.15, 0.2) is 16.9 Å². The zero-order valence-corrected chi connectivity index (χ0v) is 8.21. The van der Waals surface area contributed by atoms with Crippen molar-refractivity contribution in [2.75, 3.05) is 0 Å². The SMILES string of the molecule is CC(C)c1cc2n(c(=O)c1)CCC2. The Balaban J connectivity index is 2.56. The summed E-state index contributed by atoms with van der Waals surface area (Å²) in [5, 5.41) is 0. The molecule has 1 aliphatic rings. The summed E-state index contributed by atoms with van der Waals surface area (Å²) in [6.07, 6.45) is 2.19. The van der Waals surface area contributed by atoms with Gasteiger partial charge in [0.15, 0.2) is 0 Å². The molecule has 0 N–H and O–H groups in total. The summed E-state index contributed by atoms with van der Waals surface area (Å²) in [4.78, 5) is 11.6. The Bertz CT molecular complexity index is 376. The average Bonchev–Trinajstić information content (AvgIpc) is 2.51. The van der Waals surface area contributed by atoms with E-state index in [-0.39, 0.29) is 5.56 Å². The average molecular weight is 177 g/mol. The summed E-state index contributed by atoms with van der Waals surface area (Å²) in [5.41, 5.74) is 2.58. The zero-order chi connectivity index (χ0) is 9.42. The van der Waals surface area contributed by atoms with Crippen LogP contribution >= 0.6 is 0 Å². The van der Waals surface area contributed by atoms with E-state index in [0.29, 0.717) is 5.92 Å². The second kappa shape index (κ2) is 3.02. The molecule has 0 aromatic carbocycles. The Morgan fingerprint density at radius 1 is 1.38 bits per heavy atom. The molecule has 70 valence electrons. The van der Waals surface area contributed by atoms with Gasteiger partial charge in [0, 0.05) is 18.3 Å². The third-order valence-corrected chi connectivity index (χ3v) is 2.72. The molecule has 0 fully saturated rings. The first kappa shape index (κ1) is 8.54. The van der Waals surface area contributed by atoms with E-state index in [1.54, 1.807) is 6.07 Å². The van der Waals surface area contributed by atoms with Crippen LogP contribution in [0.5, 0.6) is 0 Å². The van der Waals surface area contributed by atoms with Crippen molar-refractivity contribution < 1.29 is 0 Å². The second-order valence-corrected chi connectivity index (χ2v) is 4.03. The van der Waals surface area contributed by atoms with Gasteiger partial charge in [0.1, 0.15) is 0 Å². The van der Waals surface area contributed by atoms with Crippen molar-refractivity contribution >= 4 is 0 Å². The molecule has 0 aliphatic carbocycles. The van der Waals surface area contributed by atoms with Crippen molar-refractivity contribution in [2.24, 2.45) is 0 Å². The van der Waals surface area contributed by atoms with E-state index in [1.807, 2.05) is 4.57 Å². The molecule has 0 unspecified atom stereocenters. The Kier molecular flexibility index (Phi) is 1.98. The molecule has 0 atom stereocenters. The number of rotatable bonds is 1. The van der Waals surface area contributed by atoms with Crippen molar-refractivity contribution in [1.29, 1.82) is 0 Å². The first-order chi connectivity index (χ1) is 6.18. The van der Waals surface area contributed by atoms with Crippen LogP contribution in [0.4, 0.5) is 0 Å². The highest BCUT2D eigenvalue weighted by atomic mass is 16.1. The van der Waals surface area contributed by atoms with E-state index in [1.165, 1.54) is 11.3 Å². The topological polar surface area (TPSA) is 22.0 Å². The van der Waals surface area contributed by atoms with Gasteiger partial charge >= 0.3 is 0 Å². The molecule has 2 heteroatoms. The molecule has 1 aliphatic heterocycles. The molecule has 1 aromatic rings. The lowest BCUT2D eigenvalue weighted by Crippen LogP contribution is -2.19. The molecule has 0 saturated carbocycles. The van der Waals surface area contributed by atoms with E-state index >= 15 is 0 Å². The Morgan fingerprint density at radius 3 is 2.85 bits per heavy atom. The molecule has 0 spiro atoms. The molecule has 2 heterocycles. The van der Waals surface area contributed by atoms with Crippen molar-refractivity contribution in [1.82, 2.24) is 4.57 Å². The first-order valence-corrected chi connectivity index (χ1v) is 4.92. The third kappa shape index (κ3) is 1.41. The largest absolute Gasteiger partial charge is 0.313 e. The molecule has 2 rings (SSSR count). The monoisotopic (exact) mass is 177 g/mol. The molecule has 13 heavy (non-hydrogen) atoms. The molecule has 2 nitrogen and oxygen atoms in total. The maximum Gasteiger partial charge on any atom is 0.250 e. The highest BCUT2D eigenvalue weighted by Crippen LogP contribution is 2.18. The number of pyridine rings is 1. The van der Waals surface area contributed by atoms with Crippen LogP contribution in [0.25, 0.3) is 0 Å². The summed E-state index contributed by atoms with van der Waals surface area (Å²) in [7, 11) is 0. The van der Waals surface area contributed by atoms with Crippen molar-refractivity contribution in [3.05, 3.63) is 33.7 Å². The molecule has 0 radical (unpaired) electrons. The predicted molar refractivity (Wildman–Crippen MR) is 53.1 cm³/mol. The number of fused-ring (bicyclic) bond motifs is 1. The van der Waals surface area contributed by atoms with Crippen LogP contribution in [0, 0.1) is 0 Å². The molecule has 1 aromatic heterocycles. The van der Waals surface area contributed by atoms with Crippen molar-refractivity contribution in [3.8, 4) is 0 Å². The highest BCUT2D eigenvalue weighted by molar-refractivity contribution is 5.22. The number of nitrogens with zero attached hydrogens (tertiary/aromatic N) is 1. The Morgan fingerprint density at radius 2 is 2.15 bits per heavy atom. The van der Waals surface area contributed by atoms with Gasteiger partial charge in [-0.3, -0.25) is 4.79 Å². The van der Waals surface area contributed by atoms with Crippen LogP contribution in [0.1, 0.15) is 37.4 Å². The summed E-state index contributed by atoms with van der Waals surface area (Å²) in [5.74, 6) is 0.458. The van der Waals surface area contributed by atoms with Gasteiger partial charge in [-0.05, 0) is 30.4 Å². The Hall–Kier alpha value is -1.05. The van der Waals surface area contributed by atoms with Crippen LogP contribution in [0.2, 0.25) is 0 Å².